The van der Waals surface area contributed by atoms with Gasteiger partial charge in [-0.1, -0.05) is 54.5 Å². The second-order valence-corrected chi connectivity index (χ2v) is 9.14. The lowest BCUT2D eigenvalue weighted by Gasteiger charge is -2.42. The second kappa shape index (κ2) is 11.0. The number of allylic oxidation sites excluding steroid dienone is 4. The Hall–Kier alpha value is -2.55. The maximum absolute atomic E-state index is 13.5. The fourth-order valence-electron chi connectivity index (χ4n) is 3.88. The number of rotatable bonds is 2. The molecule has 2 aliphatic heterocycles. The monoisotopic (exact) mass is 461 g/mol. The molecule has 4 N–H and O–H groups in total. The van der Waals surface area contributed by atoms with E-state index in [1.54, 1.807) is 44.2 Å². The van der Waals surface area contributed by atoms with Crippen LogP contribution in [0.15, 0.2) is 47.6 Å². The summed E-state index contributed by atoms with van der Waals surface area (Å²) in [7, 11) is 0. The number of aliphatic hydroxyl groups excluding tert-OH is 3. The molecule has 0 radical (unpaired) electrons. The van der Waals surface area contributed by atoms with Crippen LogP contribution in [0, 0.1) is 11.3 Å². The van der Waals surface area contributed by atoms with Gasteiger partial charge in [-0.3, -0.25) is 14.4 Å². The third-order valence-corrected chi connectivity index (χ3v) is 6.21. The highest BCUT2D eigenvalue weighted by atomic mass is 16.5. The van der Waals surface area contributed by atoms with Crippen molar-refractivity contribution >= 4 is 17.7 Å². The fourth-order valence-corrected chi connectivity index (χ4v) is 3.88. The number of ether oxygens (including phenoxy) is 1. The summed E-state index contributed by atoms with van der Waals surface area (Å²) in [5, 5.41) is 32.9. The Balaban J connectivity index is 2.56. The highest BCUT2D eigenvalue weighted by molar-refractivity contribution is 6.08. The third kappa shape index (κ3) is 6.50. The molecule has 0 spiro atoms. The molecule has 2 heterocycles. The van der Waals surface area contributed by atoms with E-state index in [-0.39, 0.29) is 6.42 Å². The molecule has 8 nitrogen and oxygen atoms in total. The molecule has 7 atom stereocenters. The van der Waals surface area contributed by atoms with E-state index in [0.717, 1.165) is 5.57 Å². The van der Waals surface area contributed by atoms with Gasteiger partial charge in [-0.2, -0.15) is 0 Å². The molecule has 33 heavy (non-hydrogen) atoms. The van der Waals surface area contributed by atoms with Crippen LogP contribution in [0.3, 0.4) is 0 Å². The molecule has 3 aliphatic rings. The van der Waals surface area contributed by atoms with Crippen molar-refractivity contribution in [3.63, 3.8) is 0 Å². The van der Waals surface area contributed by atoms with E-state index in [9.17, 15) is 29.7 Å². The molecule has 0 aromatic carbocycles. The molecule has 1 fully saturated rings. The topological polar surface area (TPSA) is 133 Å². The van der Waals surface area contributed by atoms with E-state index in [1.807, 2.05) is 13.0 Å². The Bertz CT molecular complexity index is 885. The van der Waals surface area contributed by atoms with Crippen molar-refractivity contribution in [1.82, 2.24) is 5.32 Å². The van der Waals surface area contributed by atoms with Gasteiger partial charge in [0.05, 0.1) is 24.2 Å². The van der Waals surface area contributed by atoms with E-state index in [4.69, 9.17) is 4.74 Å². The molecule has 1 aliphatic carbocycles. The summed E-state index contributed by atoms with van der Waals surface area (Å²) in [5.74, 6) is -2.70. The van der Waals surface area contributed by atoms with Crippen molar-refractivity contribution in [2.75, 3.05) is 0 Å². The number of Topliss-reactive ketones (excluding diaryl/α,β-unsaturated/α-hetero) is 1. The molecule has 1 unspecified atom stereocenters. The standard InChI is InChI=1S/C25H35NO7/c1-14-6-9-18(28)10-8-15(2)12-21(26-23(31)17(4)27)25(5)22(30)16(3)20(33-24(25)32)13-19(29)11-7-14/h6-8,10-12,16-21,27-29H,9,13H2,1-5H3,(H,26,31)/b10-8-,11-7+,14-6-,15-12-/t16-,17-,18+,19-,20-,21?,25+/m1/s1. The summed E-state index contributed by atoms with van der Waals surface area (Å²) in [6, 6.07) is -1.09. The summed E-state index contributed by atoms with van der Waals surface area (Å²) >= 11 is 0. The Labute approximate surface area is 194 Å². The molecule has 1 saturated heterocycles. The molecule has 8 heteroatoms. The normalized spacial score (nSPS) is 39.8. The van der Waals surface area contributed by atoms with Crippen LogP contribution in [-0.4, -0.2) is 63.4 Å². The van der Waals surface area contributed by atoms with Crippen molar-refractivity contribution in [2.45, 2.75) is 77.9 Å². The molecule has 2 bridgehead atoms. The van der Waals surface area contributed by atoms with Crippen LogP contribution in [-0.2, 0) is 19.1 Å². The van der Waals surface area contributed by atoms with Gasteiger partial charge in [0, 0.05) is 6.42 Å². The highest BCUT2D eigenvalue weighted by Crippen LogP contribution is 2.38. The second-order valence-electron chi connectivity index (χ2n) is 9.14. The van der Waals surface area contributed by atoms with E-state index in [0.29, 0.717) is 12.0 Å². The van der Waals surface area contributed by atoms with Crippen molar-refractivity contribution in [3.05, 3.63) is 47.6 Å². The van der Waals surface area contributed by atoms with Gasteiger partial charge in [0.1, 0.15) is 17.6 Å². The van der Waals surface area contributed by atoms with Crippen molar-refractivity contribution in [2.24, 2.45) is 11.3 Å². The van der Waals surface area contributed by atoms with Crippen molar-refractivity contribution in [1.29, 1.82) is 0 Å². The van der Waals surface area contributed by atoms with Crippen molar-refractivity contribution < 1.29 is 34.4 Å². The number of carbonyl (C=O) groups excluding carboxylic acids is 3. The number of carbonyl (C=O) groups is 3. The first-order valence-electron chi connectivity index (χ1n) is 11.2. The summed E-state index contributed by atoms with van der Waals surface area (Å²) in [6.07, 6.45) is 6.38. The molecule has 182 valence electrons. The van der Waals surface area contributed by atoms with Gasteiger partial charge >= 0.3 is 5.97 Å². The zero-order valence-corrected chi connectivity index (χ0v) is 19.8. The minimum absolute atomic E-state index is 0.0439. The number of nitrogens with one attached hydrogen (secondary N) is 1. The van der Waals surface area contributed by atoms with Gasteiger partial charge in [-0.05, 0) is 34.1 Å². The number of hydrogen-bond donors (Lipinski definition) is 4. The number of amides is 1. The Kier molecular flexibility index (Phi) is 8.94. The minimum Gasteiger partial charge on any atom is -0.461 e. The molecular weight excluding hydrogens is 426 g/mol. The molecular formula is C25H35NO7. The molecule has 1 amide bonds. The minimum atomic E-state index is -1.74. The third-order valence-electron chi connectivity index (χ3n) is 6.21. The van der Waals surface area contributed by atoms with Crippen LogP contribution < -0.4 is 5.32 Å². The van der Waals surface area contributed by atoms with E-state index < -0.39 is 59.5 Å². The Morgan fingerprint density at radius 1 is 1.15 bits per heavy atom. The summed E-state index contributed by atoms with van der Waals surface area (Å²) < 4.78 is 5.61. The number of hydrogen-bond acceptors (Lipinski definition) is 7. The zero-order valence-electron chi connectivity index (χ0n) is 19.8. The molecule has 3 rings (SSSR count). The maximum Gasteiger partial charge on any atom is 0.322 e. The largest absolute Gasteiger partial charge is 0.461 e. The Morgan fingerprint density at radius 2 is 1.76 bits per heavy atom. The van der Waals surface area contributed by atoms with Crippen LogP contribution >= 0.6 is 0 Å². The van der Waals surface area contributed by atoms with Crippen LogP contribution in [0.2, 0.25) is 0 Å². The van der Waals surface area contributed by atoms with E-state index >= 15 is 0 Å². The van der Waals surface area contributed by atoms with E-state index in [2.05, 4.69) is 5.32 Å². The van der Waals surface area contributed by atoms with Gasteiger partial charge in [0.2, 0.25) is 5.91 Å². The van der Waals surface area contributed by atoms with E-state index in [1.165, 1.54) is 13.8 Å². The lowest BCUT2D eigenvalue weighted by Crippen LogP contribution is -2.61. The molecule has 0 aromatic heterocycles. The SMILES string of the molecule is CC1=C/C(NC(=O)[C@@H](C)O)[C@]2(C)C(=O)O[C@H](C[C@H](O)/C=C/C(C)=C\C[C@H](O)/C=C\1)[C@@H](C)C2=O. The Morgan fingerprint density at radius 3 is 2.39 bits per heavy atom. The van der Waals surface area contributed by atoms with Crippen molar-refractivity contribution in [3.8, 4) is 0 Å². The lowest BCUT2D eigenvalue weighted by atomic mass is 9.69. The summed E-state index contributed by atoms with van der Waals surface area (Å²) in [6.45, 7) is 7.89. The quantitative estimate of drug-likeness (QED) is 0.362. The average molecular weight is 462 g/mol. The summed E-state index contributed by atoms with van der Waals surface area (Å²) in [5.41, 5.74) is -0.292. The van der Waals surface area contributed by atoms with Crippen LogP contribution in [0.25, 0.3) is 0 Å². The first kappa shape index (κ1) is 26.7. The van der Waals surface area contributed by atoms with Gasteiger partial charge in [0.25, 0.3) is 0 Å². The van der Waals surface area contributed by atoms with Crippen LogP contribution in [0.1, 0.15) is 47.5 Å². The smallest absolute Gasteiger partial charge is 0.322 e. The number of aliphatic hydroxyl groups is 3. The van der Waals surface area contributed by atoms with Gasteiger partial charge in [-0.15, -0.1) is 0 Å². The predicted molar refractivity (Wildman–Crippen MR) is 123 cm³/mol. The number of esters is 1. The fraction of sp³-hybridized carbons (Fsp3) is 0.560. The lowest BCUT2D eigenvalue weighted by molar-refractivity contribution is -0.181. The number of ketones is 1. The van der Waals surface area contributed by atoms with Gasteiger partial charge < -0.3 is 25.4 Å². The summed E-state index contributed by atoms with van der Waals surface area (Å²) in [4.78, 5) is 38.9. The first-order chi connectivity index (χ1) is 15.4. The van der Waals surface area contributed by atoms with Gasteiger partial charge in [-0.25, -0.2) is 0 Å². The number of fused-ring (bicyclic) bond motifs is 10. The maximum atomic E-state index is 13.5. The van der Waals surface area contributed by atoms with Gasteiger partial charge in [0.15, 0.2) is 5.78 Å². The molecule has 0 saturated carbocycles. The highest BCUT2D eigenvalue weighted by Gasteiger charge is 2.56. The van der Waals surface area contributed by atoms with Crippen LogP contribution in [0.4, 0.5) is 0 Å². The average Bonchev–Trinajstić information content (AvgIpc) is 2.75. The zero-order chi connectivity index (χ0) is 24.9. The van der Waals surface area contributed by atoms with Crippen LogP contribution in [0.5, 0.6) is 0 Å². The molecule has 0 aromatic rings. The predicted octanol–water partition coefficient (Wildman–Crippen LogP) is 1.51. The first-order valence-corrected chi connectivity index (χ1v) is 11.2.